The molecule has 1 aliphatic rings. The van der Waals surface area contributed by atoms with E-state index >= 15 is 0 Å². The molecule has 6 nitrogen and oxygen atoms in total. The number of allylic oxidation sites excluding steroid dienone is 2. The maximum atomic E-state index is 12.9. The highest BCUT2D eigenvalue weighted by atomic mass is 19.4. The summed E-state index contributed by atoms with van der Waals surface area (Å²) >= 11 is 0. The van der Waals surface area contributed by atoms with Crippen molar-refractivity contribution in [2.75, 3.05) is 0 Å². The van der Waals surface area contributed by atoms with E-state index in [-0.39, 0.29) is 0 Å². The molecule has 0 saturated carbocycles. The smallest absolute Gasteiger partial charge is 0.369 e. The molecule has 2 atom stereocenters. The number of aryl methyl sites for hydroxylation is 1. The van der Waals surface area contributed by atoms with E-state index in [1.54, 1.807) is 22.9 Å². The molecule has 1 aromatic heterocycles. The zero-order valence-electron chi connectivity index (χ0n) is 15.4. The number of nitrogens with zero attached hydrogens (tertiary/aromatic N) is 3. The van der Waals surface area contributed by atoms with Gasteiger partial charge in [0, 0.05) is 12.6 Å². The zero-order valence-corrected chi connectivity index (χ0v) is 15.4. The van der Waals surface area contributed by atoms with E-state index in [2.05, 4.69) is 10.1 Å². The highest BCUT2D eigenvalue weighted by Crippen LogP contribution is 2.35. The minimum atomic E-state index is -4.45. The maximum Gasteiger partial charge on any atom is 0.416 e. The Kier molecular flexibility index (Phi) is 5.69. The summed E-state index contributed by atoms with van der Waals surface area (Å²) < 4.78 is 46.1. The van der Waals surface area contributed by atoms with Crippen molar-refractivity contribution >= 4 is 0 Å². The minimum Gasteiger partial charge on any atom is -0.369 e. The summed E-state index contributed by atoms with van der Waals surface area (Å²) in [5, 5.41) is 4.08. The molecule has 0 amide bonds. The van der Waals surface area contributed by atoms with E-state index in [1.807, 2.05) is 13.0 Å². The van der Waals surface area contributed by atoms with Crippen LogP contribution in [0.15, 0.2) is 54.4 Å². The molecule has 3 rings (SSSR count). The van der Waals surface area contributed by atoms with Gasteiger partial charge in [-0.05, 0) is 18.1 Å². The maximum absolute atomic E-state index is 12.9. The van der Waals surface area contributed by atoms with Crippen LogP contribution in [0.1, 0.15) is 23.9 Å². The molecule has 0 spiro atoms. The average Bonchev–Trinajstić information content (AvgIpc) is 3.11. The molecule has 4 N–H and O–H groups in total. The second kappa shape index (κ2) is 7.86. The summed E-state index contributed by atoms with van der Waals surface area (Å²) in [5.74, 6) is 0.719. The Morgan fingerprint density at radius 2 is 2.07 bits per heavy atom. The Labute approximate surface area is 160 Å². The van der Waals surface area contributed by atoms with Crippen molar-refractivity contribution in [3.63, 3.8) is 0 Å². The predicted octanol–water partition coefficient (Wildman–Crippen LogP) is 2.55. The van der Waals surface area contributed by atoms with Crippen molar-refractivity contribution in [1.29, 1.82) is 0 Å². The minimum absolute atomic E-state index is 0.295. The highest BCUT2D eigenvalue weighted by molar-refractivity contribution is 5.43. The van der Waals surface area contributed by atoms with E-state index in [9.17, 15) is 13.2 Å². The predicted molar refractivity (Wildman–Crippen MR) is 97.7 cm³/mol. The lowest BCUT2D eigenvalue weighted by Crippen LogP contribution is -2.51. The average molecular weight is 393 g/mol. The fourth-order valence-electron chi connectivity index (χ4n) is 3.06. The molecule has 28 heavy (non-hydrogen) atoms. The Hall–Kier alpha value is -2.49. The topological polar surface area (TPSA) is 92.0 Å². The lowest BCUT2D eigenvalue weighted by molar-refractivity contribution is -0.0889. The van der Waals surface area contributed by atoms with Crippen LogP contribution in [0.25, 0.3) is 0 Å². The number of hydrogen-bond donors (Lipinski definition) is 2. The molecule has 0 bridgehead atoms. The molecule has 1 aliphatic carbocycles. The van der Waals surface area contributed by atoms with Crippen molar-refractivity contribution in [3.05, 3.63) is 71.3 Å². The van der Waals surface area contributed by atoms with Crippen LogP contribution in [-0.4, -0.2) is 27.0 Å². The molecule has 2 unspecified atom stereocenters. The summed E-state index contributed by atoms with van der Waals surface area (Å²) in [5.41, 5.74) is 11.8. The van der Waals surface area contributed by atoms with E-state index in [1.165, 1.54) is 12.4 Å². The lowest BCUT2D eigenvalue weighted by atomic mass is 9.79. The van der Waals surface area contributed by atoms with Crippen LogP contribution in [-0.2, 0) is 30.0 Å². The highest BCUT2D eigenvalue weighted by Gasteiger charge is 2.40. The van der Waals surface area contributed by atoms with Crippen LogP contribution in [0.2, 0.25) is 0 Å². The molecule has 150 valence electrons. The molecule has 1 aromatic carbocycles. The summed E-state index contributed by atoms with van der Waals surface area (Å²) in [6.45, 7) is 3.25. The number of benzene rings is 1. The van der Waals surface area contributed by atoms with Gasteiger partial charge in [0.2, 0.25) is 0 Å². The zero-order chi connectivity index (χ0) is 20.4. The Bertz CT molecular complexity index is 890. The molecule has 2 aromatic rings. The van der Waals surface area contributed by atoms with Gasteiger partial charge in [-0.2, -0.15) is 18.3 Å². The molecule has 0 saturated heterocycles. The molecular weight excluding hydrogens is 371 g/mol. The van der Waals surface area contributed by atoms with Gasteiger partial charge in [0.1, 0.15) is 12.9 Å². The SMILES string of the molecule is CCn1ncnc1COCc1cccc(C2(N)C=CC(C(F)(F)F)=CC2N)c1. The van der Waals surface area contributed by atoms with Crippen molar-refractivity contribution in [3.8, 4) is 0 Å². The Morgan fingerprint density at radius 3 is 2.75 bits per heavy atom. The van der Waals surface area contributed by atoms with Crippen molar-refractivity contribution < 1.29 is 17.9 Å². The van der Waals surface area contributed by atoms with E-state index in [0.717, 1.165) is 23.5 Å². The van der Waals surface area contributed by atoms with Crippen LogP contribution in [0.5, 0.6) is 0 Å². The summed E-state index contributed by atoms with van der Waals surface area (Å²) in [7, 11) is 0. The van der Waals surface area contributed by atoms with Crippen LogP contribution >= 0.6 is 0 Å². The van der Waals surface area contributed by atoms with Crippen LogP contribution in [0.3, 0.4) is 0 Å². The Balaban J connectivity index is 1.71. The third-order valence-corrected chi connectivity index (χ3v) is 4.70. The molecule has 0 radical (unpaired) electrons. The summed E-state index contributed by atoms with van der Waals surface area (Å²) in [6, 6.07) is 6.16. The third-order valence-electron chi connectivity index (χ3n) is 4.70. The first-order valence-electron chi connectivity index (χ1n) is 8.80. The van der Waals surface area contributed by atoms with Gasteiger partial charge < -0.3 is 16.2 Å². The summed E-state index contributed by atoms with van der Waals surface area (Å²) in [6.07, 6.45) is 0.264. The van der Waals surface area contributed by atoms with Crippen molar-refractivity contribution in [1.82, 2.24) is 14.8 Å². The number of nitrogens with two attached hydrogens (primary N) is 2. The number of halogens is 3. The first-order valence-corrected chi connectivity index (χ1v) is 8.80. The number of aromatic nitrogens is 3. The number of rotatable bonds is 6. The van der Waals surface area contributed by atoms with E-state index in [4.69, 9.17) is 16.2 Å². The quantitative estimate of drug-likeness (QED) is 0.787. The van der Waals surface area contributed by atoms with Crippen molar-refractivity contribution in [2.24, 2.45) is 11.5 Å². The van der Waals surface area contributed by atoms with Gasteiger partial charge in [-0.1, -0.05) is 42.5 Å². The van der Waals surface area contributed by atoms with E-state index < -0.39 is 23.3 Å². The van der Waals surface area contributed by atoms with Crippen LogP contribution < -0.4 is 11.5 Å². The van der Waals surface area contributed by atoms with Gasteiger partial charge >= 0.3 is 6.18 Å². The second-order valence-electron chi connectivity index (χ2n) is 6.60. The largest absolute Gasteiger partial charge is 0.416 e. The second-order valence-corrected chi connectivity index (χ2v) is 6.60. The molecular formula is C19H22F3N5O. The van der Waals surface area contributed by atoms with E-state index in [0.29, 0.717) is 25.3 Å². The fraction of sp³-hybridized carbons (Fsp3) is 0.368. The lowest BCUT2D eigenvalue weighted by Gasteiger charge is -2.35. The fourth-order valence-corrected chi connectivity index (χ4v) is 3.06. The normalized spacial score (nSPS) is 22.4. The third kappa shape index (κ3) is 4.16. The number of hydrogen-bond acceptors (Lipinski definition) is 5. The van der Waals surface area contributed by atoms with Gasteiger partial charge in [-0.3, -0.25) is 0 Å². The summed E-state index contributed by atoms with van der Waals surface area (Å²) in [4.78, 5) is 4.14. The first-order chi connectivity index (χ1) is 13.2. The van der Waals surface area contributed by atoms with Crippen LogP contribution in [0, 0.1) is 0 Å². The standard InChI is InChI=1S/C19H22F3N5O/c1-2-27-17(25-12-26-27)11-28-10-13-4-3-5-14(8-13)18(24)7-6-15(9-16(18)23)19(20,21)22/h3-9,12,16H,2,10-11,23-24H2,1H3. The number of alkyl halides is 3. The molecule has 0 fully saturated rings. The van der Waals surface area contributed by atoms with Crippen molar-refractivity contribution in [2.45, 2.75) is 44.4 Å². The molecule has 0 aliphatic heterocycles. The molecule has 1 heterocycles. The van der Waals surface area contributed by atoms with Crippen LogP contribution in [0.4, 0.5) is 13.2 Å². The monoisotopic (exact) mass is 393 g/mol. The Morgan fingerprint density at radius 1 is 1.29 bits per heavy atom. The van der Waals surface area contributed by atoms with Gasteiger partial charge in [0.15, 0.2) is 5.82 Å². The molecule has 9 heteroatoms. The van der Waals surface area contributed by atoms with Gasteiger partial charge in [-0.15, -0.1) is 0 Å². The number of ether oxygens (including phenoxy) is 1. The van der Waals surface area contributed by atoms with Gasteiger partial charge in [0.05, 0.1) is 17.7 Å². The van der Waals surface area contributed by atoms with Gasteiger partial charge in [0.25, 0.3) is 0 Å². The van der Waals surface area contributed by atoms with Gasteiger partial charge in [-0.25, -0.2) is 9.67 Å². The first kappa shape index (κ1) is 20.2.